The first-order valence-electron chi connectivity index (χ1n) is 27.1. The fraction of sp³-hybridized carbons (Fsp3) is 0.615. The van der Waals surface area contributed by atoms with Crippen molar-refractivity contribution in [3.63, 3.8) is 0 Å². The van der Waals surface area contributed by atoms with Gasteiger partial charge in [0, 0.05) is 25.8 Å². The van der Waals surface area contributed by atoms with Crippen molar-refractivity contribution in [3.05, 3.63) is 35.9 Å². The zero-order valence-corrected chi connectivity index (χ0v) is 47.4. The molecule has 20 N–H and O–H groups in total. The number of guanidine groups is 1. The monoisotopic (exact) mass is 1170 g/mol. The minimum atomic E-state index is -1.99. The largest absolute Gasteiger partial charge is 0.481 e. The normalized spacial score (nSPS) is 24.8. The lowest BCUT2D eigenvalue weighted by Crippen LogP contribution is -2.63. The van der Waals surface area contributed by atoms with E-state index in [1.165, 1.54) is 13.8 Å². The van der Waals surface area contributed by atoms with Crippen LogP contribution in [0.25, 0.3) is 0 Å². The number of nitrogens with one attached hydrogen (secondary N) is 10. The van der Waals surface area contributed by atoms with Gasteiger partial charge in [0.2, 0.25) is 59.1 Å². The first-order chi connectivity index (χ1) is 38.9. The quantitative estimate of drug-likeness (QED) is 0.0312. The van der Waals surface area contributed by atoms with E-state index in [0.717, 1.165) is 13.8 Å². The third-order valence-corrected chi connectivity index (χ3v) is 13.0. The summed E-state index contributed by atoms with van der Waals surface area (Å²) in [5.74, 6) is -17.2. The number of nitrogens with zero attached hydrogens (tertiary/aromatic N) is 1. The van der Waals surface area contributed by atoms with Gasteiger partial charge in [-0.3, -0.25) is 67.3 Å². The average Bonchev–Trinajstić information content (AvgIpc) is 3.49. The molecular formula is C52H82N14O17. The summed E-state index contributed by atoms with van der Waals surface area (Å²) in [6, 6.07) is -8.33. The number of carboxylic acids is 3. The number of carbonyl (C=O) groups excluding carboxylic acids is 10. The van der Waals surface area contributed by atoms with Gasteiger partial charge in [0.25, 0.3) is 0 Å². The third-order valence-electron chi connectivity index (χ3n) is 13.0. The summed E-state index contributed by atoms with van der Waals surface area (Å²) in [4.78, 5) is 180. The van der Waals surface area contributed by atoms with Gasteiger partial charge in [0.05, 0.1) is 12.5 Å². The lowest BCUT2D eigenvalue weighted by molar-refractivity contribution is -0.142. The molecule has 0 saturated carbocycles. The highest BCUT2D eigenvalue weighted by Gasteiger charge is 2.38. The van der Waals surface area contributed by atoms with Crippen LogP contribution in [0.15, 0.2) is 35.3 Å². The van der Waals surface area contributed by atoms with Crippen molar-refractivity contribution >= 4 is 82.9 Å². The van der Waals surface area contributed by atoms with E-state index < -0.39 is 187 Å². The van der Waals surface area contributed by atoms with Crippen LogP contribution in [0.2, 0.25) is 0 Å². The van der Waals surface area contributed by atoms with Crippen molar-refractivity contribution in [2.45, 2.75) is 179 Å². The highest BCUT2D eigenvalue weighted by Crippen LogP contribution is 2.13. The van der Waals surface area contributed by atoms with E-state index in [4.69, 9.17) is 17.2 Å². The molecular weight excluding hydrogens is 1090 g/mol. The van der Waals surface area contributed by atoms with Crippen LogP contribution < -0.4 is 70.4 Å². The second-order valence-electron chi connectivity index (χ2n) is 20.7. The van der Waals surface area contributed by atoms with Gasteiger partial charge >= 0.3 is 17.9 Å². The lowest BCUT2D eigenvalue weighted by Gasteiger charge is -2.30. The zero-order valence-electron chi connectivity index (χ0n) is 47.4. The van der Waals surface area contributed by atoms with Crippen LogP contribution in [0.5, 0.6) is 0 Å². The van der Waals surface area contributed by atoms with Crippen molar-refractivity contribution in [2.24, 2.45) is 34.0 Å². The van der Waals surface area contributed by atoms with Gasteiger partial charge in [-0.25, -0.2) is 0 Å². The number of carbonyl (C=O) groups is 13. The Bertz CT molecular complexity index is 2480. The maximum absolute atomic E-state index is 14.5. The Morgan fingerprint density at radius 2 is 0.867 bits per heavy atom. The Hall–Kier alpha value is -8.48. The van der Waals surface area contributed by atoms with Crippen LogP contribution >= 0.6 is 0 Å². The fourth-order valence-corrected chi connectivity index (χ4v) is 8.29. The number of benzene rings is 1. The highest BCUT2D eigenvalue weighted by atomic mass is 16.4. The molecule has 0 unspecified atom stereocenters. The van der Waals surface area contributed by atoms with Gasteiger partial charge in [-0.05, 0) is 82.7 Å². The van der Waals surface area contributed by atoms with Gasteiger partial charge in [-0.15, -0.1) is 0 Å². The molecule has 31 heteroatoms. The number of hydrogen-bond donors (Lipinski definition) is 17. The standard InChI is InChI=1S/C52H82N14O17/c1-25(2)39-49(81)62-34(23-29-13-8-7-9-14-29)48(80)60-31(16-12-22-56-52(54)55)45(77)65-40(26(3)4)50(82)63-35(24-38(72)73)47(79)57-27(5)42(74)58-33(18-20-37(70)71)46(78)66-41(28(6)67)51(83)61-32(17-19-36(68)69)43(75)59-30(44(76)64-39)15-10-11-21-53/h7-9,13-14,25-28,30-35,39-41,67H,10-12,15-24,53H2,1-6H3,(H,57,79)(H,58,74)(H,59,75)(H,60,80)(H,61,83)(H,62,81)(H,63,82)(H,64,76)(H,65,77)(H,66,78)(H,68,69)(H,70,71)(H,72,73)(H4,54,55,56)/t27-,28+,30-,31-,32-,33-,34-,35-,39-,40-,41-/m0/s1. The van der Waals surface area contributed by atoms with Crippen LogP contribution in [0.4, 0.5) is 0 Å². The minimum absolute atomic E-state index is 0.0383. The second kappa shape index (κ2) is 35.4. The van der Waals surface area contributed by atoms with Gasteiger partial charge in [0.15, 0.2) is 5.96 Å². The number of unbranched alkanes of at least 4 members (excludes halogenated alkanes) is 1. The minimum Gasteiger partial charge on any atom is -0.481 e. The van der Waals surface area contributed by atoms with Crippen molar-refractivity contribution < 1.29 is 82.8 Å². The van der Waals surface area contributed by atoms with E-state index in [9.17, 15) is 82.8 Å². The molecule has 0 spiro atoms. The molecule has 0 radical (unpaired) electrons. The molecule has 1 aromatic carbocycles. The van der Waals surface area contributed by atoms with Crippen LogP contribution in [0.3, 0.4) is 0 Å². The first kappa shape index (κ1) is 70.6. The van der Waals surface area contributed by atoms with Gasteiger partial charge in [-0.1, -0.05) is 58.0 Å². The Labute approximate surface area is 479 Å². The maximum Gasteiger partial charge on any atom is 0.305 e. The van der Waals surface area contributed by atoms with Gasteiger partial charge in [-0.2, -0.15) is 0 Å². The summed E-state index contributed by atoms with van der Waals surface area (Å²) in [6.07, 6.45) is -5.55. The highest BCUT2D eigenvalue weighted by molar-refractivity contribution is 6.00. The van der Waals surface area contributed by atoms with E-state index in [2.05, 4.69) is 58.2 Å². The molecule has 10 amide bonds. The van der Waals surface area contributed by atoms with Crippen molar-refractivity contribution in [2.75, 3.05) is 13.1 Å². The predicted molar refractivity (Wildman–Crippen MR) is 295 cm³/mol. The summed E-state index contributed by atoms with van der Waals surface area (Å²) in [5, 5.41) is 63.8. The Balaban J connectivity index is 2.91. The maximum atomic E-state index is 14.5. The molecule has 462 valence electrons. The van der Waals surface area contributed by atoms with Crippen LogP contribution in [-0.4, -0.2) is 183 Å². The predicted octanol–water partition coefficient (Wildman–Crippen LogP) is -4.81. The van der Waals surface area contributed by atoms with E-state index in [1.807, 2.05) is 0 Å². The molecule has 31 nitrogen and oxygen atoms in total. The molecule has 1 aliphatic rings. The summed E-state index contributed by atoms with van der Waals surface area (Å²) >= 11 is 0. The topological polar surface area (TPSA) is 514 Å². The van der Waals surface area contributed by atoms with E-state index in [0.29, 0.717) is 12.0 Å². The molecule has 1 saturated heterocycles. The third kappa shape index (κ3) is 25.5. The van der Waals surface area contributed by atoms with Gasteiger partial charge < -0.3 is 90.8 Å². The number of aliphatic hydroxyl groups excluding tert-OH is 1. The average molecular weight is 1180 g/mol. The van der Waals surface area contributed by atoms with E-state index >= 15 is 0 Å². The SMILES string of the molecule is CC(C)[C@@H]1NC(=O)[C@H](CCCN=C(N)N)NC(=O)[C@H](Cc2ccccc2)NC(=O)[C@H](C(C)C)NC(=O)[C@H](CCCCN)NC(=O)[C@H](CCC(=O)O)NC(=O)[C@H]([C@@H](C)O)NC(=O)[C@H](CCC(=O)O)NC(=O)[C@H](C)NC(=O)[C@H](CC(=O)O)NC1=O. The molecule has 83 heavy (non-hydrogen) atoms. The van der Waals surface area contributed by atoms with Crippen LogP contribution in [-0.2, 0) is 68.7 Å². The number of aliphatic imine (C=N–C) groups is 1. The number of hydrogen-bond acceptors (Lipinski definition) is 16. The molecule has 2 rings (SSSR count). The Morgan fingerprint density at radius 1 is 0.482 bits per heavy atom. The second-order valence-corrected chi connectivity index (χ2v) is 20.7. The summed E-state index contributed by atoms with van der Waals surface area (Å²) in [5.41, 5.74) is 17.3. The summed E-state index contributed by atoms with van der Waals surface area (Å²) in [6.45, 7) is 8.38. The molecule has 0 aliphatic carbocycles. The number of aliphatic hydroxyl groups is 1. The van der Waals surface area contributed by atoms with Crippen molar-refractivity contribution in [1.82, 2.24) is 53.2 Å². The van der Waals surface area contributed by atoms with Crippen molar-refractivity contribution in [1.29, 1.82) is 0 Å². The zero-order chi connectivity index (χ0) is 62.7. The molecule has 0 bridgehead atoms. The first-order valence-corrected chi connectivity index (χ1v) is 27.1. The molecule has 0 aromatic heterocycles. The molecule has 1 aromatic rings. The Morgan fingerprint density at radius 3 is 1.31 bits per heavy atom. The number of nitrogens with two attached hydrogens (primary N) is 3. The number of carboxylic acid groups (broad SMARTS) is 3. The Kier molecular flexibility index (Phi) is 30.1. The van der Waals surface area contributed by atoms with Gasteiger partial charge in [0.1, 0.15) is 60.4 Å². The number of amides is 10. The molecule has 1 aliphatic heterocycles. The van der Waals surface area contributed by atoms with Crippen molar-refractivity contribution in [3.8, 4) is 0 Å². The fourth-order valence-electron chi connectivity index (χ4n) is 8.29. The lowest BCUT2D eigenvalue weighted by atomic mass is 9.99. The molecule has 1 fully saturated rings. The summed E-state index contributed by atoms with van der Waals surface area (Å²) < 4.78 is 0. The number of rotatable bonds is 21. The number of aliphatic carboxylic acids is 3. The van der Waals surface area contributed by atoms with Crippen LogP contribution in [0.1, 0.15) is 111 Å². The van der Waals surface area contributed by atoms with E-state index in [1.54, 1.807) is 44.2 Å². The van der Waals surface area contributed by atoms with E-state index in [-0.39, 0.29) is 51.2 Å². The molecule has 11 atom stereocenters. The van der Waals surface area contributed by atoms with Crippen LogP contribution in [0, 0.1) is 11.8 Å². The summed E-state index contributed by atoms with van der Waals surface area (Å²) in [7, 11) is 0. The molecule has 1 heterocycles. The smallest absolute Gasteiger partial charge is 0.305 e.